The van der Waals surface area contributed by atoms with Crippen LogP contribution in [0.5, 0.6) is 0 Å². The van der Waals surface area contributed by atoms with Crippen LogP contribution in [0.2, 0.25) is 0 Å². The Balaban J connectivity index is 2.61. The van der Waals surface area contributed by atoms with E-state index in [0.717, 1.165) is 10.9 Å². The molecule has 0 aliphatic heterocycles. The number of imidazole rings is 1. The molecule has 2 nitrogen and oxygen atoms in total. The van der Waals surface area contributed by atoms with Crippen LogP contribution in [-0.4, -0.2) is 16.2 Å². The highest BCUT2D eigenvalue weighted by molar-refractivity contribution is 8.76. The molecule has 0 aromatic carbocycles. The van der Waals surface area contributed by atoms with Crippen LogP contribution < -0.4 is 0 Å². The van der Waals surface area contributed by atoms with Gasteiger partial charge in [0.1, 0.15) is 10.9 Å². The van der Waals surface area contributed by atoms with Crippen molar-refractivity contribution in [3.63, 3.8) is 0 Å². The molecule has 1 rings (SSSR count). The van der Waals surface area contributed by atoms with E-state index in [0.29, 0.717) is 0 Å². The first kappa shape index (κ1) is 7.02. The summed E-state index contributed by atoms with van der Waals surface area (Å²) in [6.45, 7) is 1.95. The number of aromatic amines is 1. The van der Waals surface area contributed by atoms with E-state index >= 15 is 0 Å². The number of hydrogen-bond acceptors (Lipinski definition) is 3. The van der Waals surface area contributed by atoms with Crippen molar-refractivity contribution in [2.75, 3.05) is 6.26 Å². The number of hydrogen-bond donors (Lipinski definition) is 1. The van der Waals surface area contributed by atoms with Crippen LogP contribution in [0.15, 0.2) is 11.2 Å². The third kappa shape index (κ3) is 1.95. The molecular weight excluding hydrogens is 152 g/mol. The molecule has 0 unspecified atom stereocenters. The van der Waals surface area contributed by atoms with E-state index in [1.807, 2.05) is 19.4 Å². The summed E-state index contributed by atoms with van der Waals surface area (Å²) in [7, 11) is 3.41. The average Bonchev–Trinajstić information content (AvgIpc) is 2.17. The number of H-pyrrole nitrogens is 1. The molecule has 0 spiro atoms. The number of nitrogens with zero attached hydrogens (tertiary/aromatic N) is 1. The zero-order chi connectivity index (χ0) is 6.69. The van der Waals surface area contributed by atoms with E-state index in [4.69, 9.17) is 0 Å². The van der Waals surface area contributed by atoms with Gasteiger partial charge < -0.3 is 4.98 Å². The van der Waals surface area contributed by atoms with Crippen LogP contribution in [0.4, 0.5) is 0 Å². The summed E-state index contributed by atoms with van der Waals surface area (Å²) in [6, 6.07) is 0. The second-order valence-electron chi connectivity index (χ2n) is 1.58. The van der Waals surface area contributed by atoms with Gasteiger partial charge in [-0.15, -0.1) is 0 Å². The second kappa shape index (κ2) is 3.17. The van der Waals surface area contributed by atoms with E-state index in [2.05, 4.69) is 9.97 Å². The Morgan fingerprint density at radius 3 is 2.89 bits per heavy atom. The minimum absolute atomic E-state index is 0.978. The van der Waals surface area contributed by atoms with E-state index in [1.165, 1.54) is 0 Å². The van der Waals surface area contributed by atoms with Crippen molar-refractivity contribution in [1.29, 1.82) is 0 Å². The van der Waals surface area contributed by atoms with Gasteiger partial charge >= 0.3 is 0 Å². The maximum atomic E-state index is 4.05. The maximum absolute atomic E-state index is 4.05. The molecule has 0 radical (unpaired) electrons. The Labute approximate surface area is 62.2 Å². The second-order valence-corrected chi connectivity index (χ2v) is 4.02. The Morgan fingerprint density at radius 1 is 1.67 bits per heavy atom. The standard InChI is InChI=1S/C5H8N2S2/c1-4-6-3-5(7-4)9-8-2/h3H,1-2H3,(H,6,7). The van der Waals surface area contributed by atoms with E-state index in [-0.39, 0.29) is 0 Å². The zero-order valence-corrected chi connectivity index (χ0v) is 6.97. The Hall–Kier alpha value is -0.0900. The Morgan fingerprint density at radius 2 is 2.44 bits per heavy atom. The molecule has 0 bridgehead atoms. The highest BCUT2D eigenvalue weighted by Crippen LogP contribution is 2.25. The molecular formula is C5H8N2S2. The molecule has 0 saturated carbocycles. The largest absolute Gasteiger partial charge is 0.337 e. The number of aryl methyl sites for hydroxylation is 1. The van der Waals surface area contributed by atoms with Gasteiger partial charge in [-0.3, -0.25) is 0 Å². The van der Waals surface area contributed by atoms with E-state index in [1.54, 1.807) is 21.6 Å². The lowest BCUT2D eigenvalue weighted by Gasteiger charge is -1.86. The normalized spacial score (nSPS) is 10.0. The van der Waals surface area contributed by atoms with Crippen molar-refractivity contribution in [2.24, 2.45) is 0 Å². The van der Waals surface area contributed by atoms with Gasteiger partial charge in [-0.05, 0) is 24.0 Å². The number of rotatable bonds is 2. The summed E-state index contributed by atoms with van der Waals surface area (Å²) in [5.41, 5.74) is 0. The first-order valence-corrected chi connectivity index (χ1v) is 5.11. The third-order valence-electron chi connectivity index (χ3n) is 0.853. The highest BCUT2D eigenvalue weighted by atomic mass is 33.1. The van der Waals surface area contributed by atoms with E-state index in [9.17, 15) is 0 Å². The Kier molecular flexibility index (Phi) is 2.48. The Bertz CT molecular complexity index is 185. The fourth-order valence-electron chi connectivity index (χ4n) is 0.530. The fraction of sp³-hybridized carbons (Fsp3) is 0.400. The molecule has 4 heteroatoms. The molecule has 0 aliphatic carbocycles. The lowest BCUT2D eigenvalue weighted by molar-refractivity contribution is 1.10. The van der Waals surface area contributed by atoms with Crippen LogP contribution >= 0.6 is 21.6 Å². The molecule has 1 heterocycles. The smallest absolute Gasteiger partial charge is 0.103 e. The minimum Gasteiger partial charge on any atom is -0.337 e. The van der Waals surface area contributed by atoms with Gasteiger partial charge in [-0.1, -0.05) is 10.8 Å². The quantitative estimate of drug-likeness (QED) is 0.671. The fourth-order valence-corrected chi connectivity index (χ4v) is 1.79. The number of nitrogens with one attached hydrogen (secondary N) is 1. The summed E-state index contributed by atoms with van der Waals surface area (Å²) < 4.78 is 0. The summed E-state index contributed by atoms with van der Waals surface area (Å²) >= 11 is 0. The van der Waals surface area contributed by atoms with E-state index < -0.39 is 0 Å². The van der Waals surface area contributed by atoms with Crippen molar-refractivity contribution < 1.29 is 0 Å². The zero-order valence-electron chi connectivity index (χ0n) is 5.34. The SMILES string of the molecule is CSSc1cnc(C)[nH]1. The minimum atomic E-state index is 0.978. The molecule has 50 valence electrons. The van der Waals surface area contributed by atoms with Crippen molar-refractivity contribution >= 4 is 21.6 Å². The first-order valence-electron chi connectivity index (χ1n) is 2.55. The highest BCUT2D eigenvalue weighted by Gasteiger charge is 1.93. The van der Waals surface area contributed by atoms with Crippen LogP contribution in [0.1, 0.15) is 5.82 Å². The van der Waals surface area contributed by atoms with Crippen LogP contribution in [0.3, 0.4) is 0 Å². The van der Waals surface area contributed by atoms with Gasteiger partial charge in [-0.25, -0.2) is 4.98 Å². The average molecular weight is 160 g/mol. The van der Waals surface area contributed by atoms with Crippen LogP contribution in [0, 0.1) is 6.92 Å². The molecule has 0 aliphatic rings. The summed E-state index contributed by atoms with van der Waals surface area (Å²) in [4.78, 5) is 7.15. The number of aromatic nitrogens is 2. The molecule has 0 fully saturated rings. The first-order chi connectivity index (χ1) is 4.33. The molecule has 9 heavy (non-hydrogen) atoms. The van der Waals surface area contributed by atoms with Crippen LogP contribution in [-0.2, 0) is 0 Å². The summed E-state index contributed by atoms with van der Waals surface area (Å²) in [5.74, 6) is 0.978. The third-order valence-corrected chi connectivity index (χ3v) is 2.45. The van der Waals surface area contributed by atoms with Crippen molar-refractivity contribution in [2.45, 2.75) is 11.9 Å². The van der Waals surface area contributed by atoms with Gasteiger partial charge in [0.25, 0.3) is 0 Å². The summed E-state index contributed by atoms with van der Waals surface area (Å²) in [5, 5.41) is 1.13. The van der Waals surface area contributed by atoms with Crippen molar-refractivity contribution in [1.82, 2.24) is 9.97 Å². The van der Waals surface area contributed by atoms with Crippen molar-refractivity contribution in [3.05, 3.63) is 12.0 Å². The lowest BCUT2D eigenvalue weighted by Crippen LogP contribution is -1.69. The molecule has 0 atom stereocenters. The van der Waals surface area contributed by atoms with Crippen molar-refractivity contribution in [3.8, 4) is 0 Å². The van der Waals surface area contributed by atoms with Gasteiger partial charge in [0, 0.05) is 0 Å². The van der Waals surface area contributed by atoms with Gasteiger partial charge in [0.05, 0.1) is 6.20 Å². The van der Waals surface area contributed by atoms with Gasteiger partial charge in [0.15, 0.2) is 0 Å². The predicted molar refractivity (Wildman–Crippen MR) is 42.7 cm³/mol. The summed E-state index contributed by atoms with van der Waals surface area (Å²) in [6.07, 6.45) is 3.89. The van der Waals surface area contributed by atoms with Gasteiger partial charge in [0.2, 0.25) is 0 Å². The molecule has 1 aromatic rings. The maximum Gasteiger partial charge on any atom is 0.103 e. The molecule has 0 saturated heterocycles. The van der Waals surface area contributed by atoms with Gasteiger partial charge in [-0.2, -0.15) is 0 Å². The molecule has 0 amide bonds. The lowest BCUT2D eigenvalue weighted by atomic mass is 10.8. The van der Waals surface area contributed by atoms with Crippen LogP contribution in [0.25, 0.3) is 0 Å². The monoisotopic (exact) mass is 160 g/mol. The topological polar surface area (TPSA) is 28.7 Å². The predicted octanol–water partition coefficient (Wildman–Crippen LogP) is 2.09. The molecule has 1 aromatic heterocycles. The molecule has 1 N–H and O–H groups in total.